The largest absolute Gasteiger partial charge is 0.350 e. The van der Waals surface area contributed by atoms with Gasteiger partial charge in [-0.15, -0.1) is 5.10 Å². The molecule has 0 spiro atoms. The summed E-state index contributed by atoms with van der Waals surface area (Å²) in [6.07, 6.45) is 2.67. The maximum Gasteiger partial charge on any atom is 0.350 e. The molecule has 20 heavy (non-hydrogen) atoms. The number of fused-ring (bicyclic) bond motifs is 1. The van der Waals surface area contributed by atoms with Gasteiger partial charge in [0.2, 0.25) is 5.91 Å². The number of thioether (sulfide) groups is 1. The van der Waals surface area contributed by atoms with Gasteiger partial charge in [-0.05, 0) is 24.3 Å². The highest BCUT2D eigenvalue weighted by atomic mass is 32.2. The highest BCUT2D eigenvalue weighted by Gasteiger charge is 2.18. The van der Waals surface area contributed by atoms with Crippen molar-refractivity contribution in [3.63, 3.8) is 0 Å². The molecule has 1 saturated heterocycles. The monoisotopic (exact) mass is 292 g/mol. The first-order chi connectivity index (χ1) is 9.75. The van der Waals surface area contributed by atoms with Gasteiger partial charge in [-0.2, -0.15) is 11.8 Å². The smallest absolute Gasteiger partial charge is 0.340 e. The summed E-state index contributed by atoms with van der Waals surface area (Å²) >= 11 is 1.87. The lowest BCUT2D eigenvalue weighted by molar-refractivity contribution is -0.131. The summed E-state index contributed by atoms with van der Waals surface area (Å²) in [6, 6.07) is 5.35. The standard InChI is InChI=1S/C13H16N4O2S/c18-12(15-5-3-8-20-9-7-15)10-17-13(19)16-6-2-1-4-11(16)14-17/h1-2,4,6H,3,5,7-10H2. The average Bonchev–Trinajstić information content (AvgIpc) is 2.67. The first-order valence-electron chi connectivity index (χ1n) is 6.65. The van der Waals surface area contributed by atoms with E-state index in [0.717, 1.165) is 31.0 Å². The fraction of sp³-hybridized carbons (Fsp3) is 0.462. The van der Waals surface area contributed by atoms with Crippen molar-refractivity contribution in [3.8, 4) is 0 Å². The number of carbonyl (C=O) groups is 1. The molecule has 1 aliphatic heterocycles. The molecular weight excluding hydrogens is 276 g/mol. The summed E-state index contributed by atoms with van der Waals surface area (Å²) in [5, 5.41) is 4.18. The summed E-state index contributed by atoms with van der Waals surface area (Å²) in [5.74, 6) is 2.03. The zero-order chi connectivity index (χ0) is 13.9. The third-order valence-electron chi connectivity index (χ3n) is 3.35. The van der Waals surface area contributed by atoms with Gasteiger partial charge in [0.05, 0.1) is 0 Å². The van der Waals surface area contributed by atoms with E-state index >= 15 is 0 Å². The van der Waals surface area contributed by atoms with E-state index in [4.69, 9.17) is 0 Å². The van der Waals surface area contributed by atoms with Gasteiger partial charge in [0, 0.05) is 25.0 Å². The van der Waals surface area contributed by atoms with Gasteiger partial charge < -0.3 is 4.90 Å². The third-order valence-corrected chi connectivity index (χ3v) is 4.40. The third kappa shape index (κ3) is 2.58. The number of nitrogens with zero attached hydrogens (tertiary/aromatic N) is 4. The minimum Gasteiger partial charge on any atom is -0.340 e. The number of hydrogen-bond donors (Lipinski definition) is 0. The van der Waals surface area contributed by atoms with E-state index in [9.17, 15) is 9.59 Å². The van der Waals surface area contributed by atoms with E-state index < -0.39 is 0 Å². The molecule has 1 aliphatic rings. The van der Waals surface area contributed by atoms with E-state index in [2.05, 4.69) is 5.10 Å². The number of pyridine rings is 1. The Morgan fingerprint density at radius 2 is 2.20 bits per heavy atom. The van der Waals surface area contributed by atoms with Crippen LogP contribution >= 0.6 is 11.8 Å². The average molecular weight is 292 g/mol. The molecule has 0 N–H and O–H groups in total. The Morgan fingerprint density at radius 3 is 3.05 bits per heavy atom. The van der Waals surface area contributed by atoms with Gasteiger partial charge in [0.25, 0.3) is 0 Å². The van der Waals surface area contributed by atoms with E-state index in [1.807, 2.05) is 22.7 Å². The Hall–Kier alpha value is -1.76. The molecule has 1 fully saturated rings. The van der Waals surface area contributed by atoms with Crippen molar-refractivity contribution in [2.75, 3.05) is 24.6 Å². The molecule has 2 aromatic heterocycles. The molecular formula is C13H16N4O2S. The number of hydrogen-bond acceptors (Lipinski definition) is 4. The van der Waals surface area contributed by atoms with Gasteiger partial charge in [-0.25, -0.2) is 9.48 Å². The molecule has 0 aromatic carbocycles. The minimum atomic E-state index is -0.266. The molecule has 1 amide bonds. The Balaban J connectivity index is 1.80. The van der Waals surface area contributed by atoms with Crippen molar-refractivity contribution in [1.82, 2.24) is 19.1 Å². The molecule has 0 radical (unpaired) electrons. The second kappa shape index (κ2) is 5.70. The fourth-order valence-corrected chi connectivity index (χ4v) is 3.18. The van der Waals surface area contributed by atoms with Crippen LogP contribution in [0.5, 0.6) is 0 Å². The van der Waals surface area contributed by atoms with Crippen molar-refractivity contribution in [1.29, 1.82) is 0 Å². The summed E-state index contributed by atoms with van der Waals surface area (Å²) < 4.78 is 2.70. The van der Waals surface area contributed by atoms with Crippen molar-refractivity contribution in [2.45, 2.75) is 13.0 Å². The van der Waals surface area contributed by atoms with Crippen molar-refractivity contribution in [3.05, 3.63) is 34.9 Å². The van der Waals surface area contributed by atoms with Crippen LogP contribution in [0.2, 0.25) is 0 Å². The molecule has 3 heterocycles. The van der Waals surface area contributed by atoms with Crippen LogP contribution in [0.25, 0.3) is 5.65 Å². The molecule has 3 rings (SSSR count). The molecule has 7 heteroatoms. The molecule has 106 valence electrons. The lowest BCUT2D eigenvalue weighted by atomic mass is 10.4. The number of aromatic nitrogens is 3. The lowest BCUT2D eigenvalue weighted by Gasteiger charge is -2.19. The van der Waals surface area contributed by atoms with Gasteiger partial charge >= 0.3 is 5.69 Å². The number of carbonyl (C=O) groups excluding carboxylic acids is 1. The fourth-order valence-electron chi connectivity index (χ4n) is 2.29. The predicted molar refractivity (Wildman–Crippen MR) is 78.0 cm³/mol. The first-order valence-corrected chi connectivity index (χ1v) is 7.81. The lowest BCUT2D eigenvalue weighted by Crippen LogP contribution is -2.38. The predicted octanol–water partition coefficient (Wildman–Crippen LogP) is 0.462. The van der Waals surface area contributed by atoms with Crippen LogP contribution in [-0.2, 0) is 11.3 Å². The second-order valence-corrected chi connectivity index (χ2v) is 5.94. The topological polar surface area (TPSA) is 59.6 Å². The van der Waals surface area contributed by atoms with Crippen LogP contribution < -0.4 is 5.69 Å². The maximum atomic E-state index is 12.3. The Kier molecular flexibility index (Phi) is 3.77. The molecule has 0 aliphatic carbocycles. The Labute approximate surface area is 120 Å². The van der Waals surface area contributed by atoms with E-state index in [1.54, 1.807) is 18.3 Å². The van der Waals surface area contributed by atoms with Gasteiger partial charge in [-0.3, -0.25) is 9.20 Å². The highest BCUT2D eigenvalue weighted by molar-refractivity contribution is 7.99. The quantitative estimate of drug-likeness (QED) is 0.807. The first kappa shape index (κ1) is 13.2. The van der Waals surface area contributed by atoms with Crippen molar-refractivity contribution >= 4 is 23.3 Å². The maximum absolute atomic E-state index is 12.3. The van der Waals surface area contributed by atoms with Crippen LogP contribution in [0.15, 0.2) is 29.2 Å². The van der Waals surface area contributed by atoms with Crippen molar-refractivity contribution in [2.24, 2.45) is 0 Å². The van der Waals surface area contributed by atoms with E-state index in [0.29, 0.717) is 5.65 Å². The van der Waals surface area contributed by atoms with Gasteiger partial charge in [-0.1, -0.05) is 6.07 Å². The van der Waals surface area contributed by atoms with E-state index in [1.165, 1.54) is 9.08 Å². The molecule has 0 bridgehead atoms. The normalized spacial score (nSPS) is 16.3. The Morgan fingerprint density at radius 1 is 1.30 bits per heavy atom. The summed E-state index contributed by atoms with van der Waals surface area (Å²) in [6.45, 7) is 1.55. The highest BCUT2D eigenvalue weighted by Crippen LogP contribution is 2.10. The van der Waals surface area contributed by atoms with Gasteiger partial charge in [0.15, 0.2) is 5.65 Å². The number of amides is 1. The second-order valence-electron chi connectivity index (χ2n) is 4.72. The molecule has 0 atom stereocenters. The summed E-state index contributed by atoms with van der Waals surface area (Å²) in [7, 11) is 0. The molecule has 0 unspecified atom stereocenters. The van der Waals surface area contributed by atoms with E-state index in [-0.39, 0.29) is 18.1 Å². The SMILES string of the molecule is O=C(Cn1nc2ccccn2c1=O)N1CCCSCC1. The Bertz CT molecular complexity index is 670. The minimum absolute atomic E-state index is 0.0190. The van der Waals surface area contributed by atoms with Crippen LogP contribution in [0.4, 0.5) is 0 Å². The van der Waals surface area contributed by atoms with Gasteiger partial charge in [0.1, 0.15) is 6.54 Å². The van der Waals surface area contributed by atoms with Crippen LogP contribution in [0.3, 0.4) is 0 Å². The molecule has 6 nitrogen and oxygen atoms in total. The van der Waals surface area contributed by atoms with Crippen molar-refractivity contribution < 1.29 is 4.79 Å². The van der Waals surface area contributed by atoms with Crippen LogP contribution in [0, 0.1) is 0 Å². The zero-order valence-electron chi connectivity index (χ0n) is 11.1. The summed E-state index contributed by atoms with van der Waals surface area (Å²) in [5.41, 5.74) is 0.301. The summed E-state index contributed by atoms with van der Waals surface area (Å²) in [4.78, 5) is 26.2. The molecule has 0 saturated carbocycles. The van der Waals surface area contributed by atoms with Crippen LogP contribution in [0.1, 0.15) is 6.42 Å². The zero-order valence-corrected chi connectivity index (χ0v) is 11.9. The number of rotatable bonds is 2. The van der Waals surface area contributed by atoms with Crippen LogP contribution in [-0.4, -0.2) is 49.6 Å². The molecule has 2 aromatic rings.